The topological polar surface area (TPSA) is 57.7 Å². The van der Waals surface area contributed by atoms with Gasteiger partial charge in [0.25, 0.3) is 0 Å². The maximum Gasteiger partial charge on any atom is 0.224 e. The summed E-state index contributed by atoms with van der Waals surface area (Å²) in [6.45, 7) is 8.29. The van der Waals surface area contributed by atoms with Crippen LogP contribution in [0, 0.1) is 5.41 Å². The molecule has 0 aromatic rings. The van der Waals surface area contributed by atoms with Crippen molar-refractivity contribution < 1.29 is 13.2 Å². The maximum atomic E-state index is 12.7. The molecule has 1 amide bonds. The highest BCUT2D eigenvalue weighted by Gasteiger charge is 2.35. The van der Waals surface area contributed by atoms with Crippen molar-refractivity contribution in [2.45, 2.75) is 65.3 Å². The van der Waals surface area contributed by atoms with E-state index in [0.717, 1.165) is 19.4 Å². The van der Waals surface area contributed by atoms with Crippen LogP contribution in [0.25, 0.3) is 0 Å². The fourth-order valence-electron chi connectivity index (χ4n) is 3.61. The molecule has 22 heavy (non-hydrogen) atoms. The molecule has 0 radical (unpaired) electrons. The first-order chi connectivity index (χ1) is 10.2. The lowest BCUT2D eigenvalue weighted by Gasteiger charge is -2.39. The average Bonchev–Trinajstić information content (AvgIpc) is 2.64. The highest BCUT2D eigenvalue weighted by molar-refractivity contribution is 7.89. The minimum atomic E-state index is -3.10. The molecule has 2 saturated heterocycles. The van der Waals surface area contributed by atoms with Crippen molar-refractivity contribution >= 4 is 15.9 Å². The first-order valence-electron chi connectivity index (χ1n) is 8.49. The predicted molar refractivity (Wildman–Crippen MR) is 88.0 cm³/mol. The molecule has 0 aliphatic carbocycles. The number of amides is 1. The van der Waals surface area contributed by atoms with Gasteiger partial charge in [-0.25, -0.2) is 12.7 Å². The fourth-order valence-corrected chi connectivity index (χ4v) is 5.14. The predicted octanol–water partition coefficient (Wildman–Crippen LogP) is 2.23. The lowest BCUT2D eigenvalue weighted by molar-refractivity contribution is -0.136. The zero-order valence-electron chi connectivity index (χ0n) is 14.2. The highest BCUT2D eigenvalue weighted by atomic mass is 32.2. The van der Waals surface area contributed by atoms with Gasteiger partial charge < -0.3 is 4.90 Å². The van der Waals surface area contributed by atoms with Crippen LogP contribution in [0.2, 0.25) is 0 Å². The zero-order chi connectivity index (χ0) is 16.4. The fraction of sp³-hybridized carbons (Fsp3) is 0.938. The molecule has 0 bridgehead atoms. The summed E-state index contributed by atoms with van der Waals surface area (Å²) in [5.41, 5.74) is 0.0692. The molecule has 0 saturated carbocycles. The van der Waals surface area contributed by atoms with E-state index in [1.807, 2.05) is 4.90 Å². The van der Waals surface area contributed by atoms with E-state index < -0.39 is 10.0 Å². The number of hydrogen-bond acceptors (Lipinski definition) is 3. The highest BCUT2D eigenvalue weighted by Crippen LogP contribution is 2.31. The molecule has 5 nitrogen and oxygen atoms in total. The van der Waals surface area contributed by atoms with Gasteiger partial charge in [0.05, 0.1) is 5.75 Å². The number of rotatable bonds is 3. The van der Waals surface area contributed by atoms with E-state index in [1.54, 1.807) is 0 Å². The Kier molecular flexibility index (Phi) is 5.54. The van der Waals surface area contributed by atoms with Crippen molar-refractivity contribution in [3.05, 3.63) is 0 Å². The Morgan fingerprint density at radius 3 is 2.41 bits per heavy atom. The Balaban J connectivity index is 1.99. The van der Waals surface area contributed by atoms with Crippen molar-refractivity contribution in [2.24, 2.45) is 5.41 Å². The summed E-state index contributed by atoms with van der Waals surface area (Å²) in [4.78, 5) is 14.7. The summed E-state index contributed by atoms with van der Waals surface area (Å²) in [5.74, 6) is 0.346. The van der Waals surface area contributed by atoms with Gasteiger partial charge >= 0.3 is 0 Å². The van der Waals surface area contributed by atoms with Gasteiger partial charge in [-0.15, -0.1) is 0 Å². The lowest BCUT2D eigenvalue weighted by atomic mass is 9.83. The number of likely N-dealkylation sites (tertiary alicyclic amines) is 1. The smallest absolute Gasteiger partial charge is 0.224 e. The molecule has 0 spiro atoms. The lowest BCUT2D eigenvalue weighted by Crippen LogP contribution is -2.47. The first kappa shape index (κ1) is 17.7. The quantitative estimate of drug-likeness (QED) is 0.797. The molecule has 1 atom stereocenters. The largest absolute Gasteiger partial charge is 0.339 e. The minimum Gasteiger partial charge on any atom is -0.339 e. The second kappa shape index (κ2) is 6.87. The van der Waals surface area contributed by atoms with E-state index in [4.69, 9.17) is 0 Å². The van der Waals surface area contributed by atoms with Gasteiger partial charge in [-0.3, -0.25) is 4.79 Å². The average molecular weight is 330 g/mol. The van der Waals surface area contributed by atoms with Crippen molar-refractivity contribution in [1.82, 2.24) is 9.21 Å². The van der Waals surface area contributed by atoms with Gasteiger partial charge in [0.15, 0.2) is 0 Å². The summed E-state index contributed by atoms with van der Waals surface area (Å²) in [5, 5.41) is 0. The van der Waals surface area contributed by atoms with Crippen molar-refractivity contribution in [3.8, 4) is 0 Å². The summed E-state index contributed by atoms with van der Waals surface area (Å²) in [6.07, 6.45) is 5.46. The SMILES string of the molecule is CC(C)(C)C1CCCCCN1C(=O)CCN1CCCS1(=O)=O. The van der Waals surface area contributed by atoms with E-state index in [0.29, 0.717) is 25.9 Å². The van der Waals surface area contributed by atoms with Crippen LogP contribution in [-0.4, -0.2) is 55.0 Å². The second-order valence-corrected chi connectivity index (χ2v) is 9.73. The van der Waals surface area contributed by atoms with Gasteiger partial charge in [-0.1, -0.05) is 33.6 Å². The zero-order valence-corrected chi connectivity index (χ0v) is 15.0. The summed E-state index contributed by atoms with van der Waals surface area (Å²) in [7, 11) is -3.10. The molecule has 128 valence electrons. The third-order valence-corrected chi connectivity index (χ3v) is 6.81. The van der Waals surface area contributed by atoms with Gasteiger partial charge in [0, 0.05) is 32.1 Å². The second-order valence-electron chi connectivity index (χ2n) is 7.64. The third-order valence-electron chi connectivity index (χ3n) is 4.85. The number of hydrogen-bond donors (Lipinski definition) is 0. The van der Waals surface area contributed by atoms with Gasteiger partial charge in [-0.05, 0) is 24.7 Å². The van der Waals surface area contributed by atoms with Crippen LogP contribution < -0.4 is 0 Å². The van der Waals surface area contributed by atoms with Crippen LogP contribution in [0.1, 0.15) is 59.3 Å². The van der Waals surface area contributed by atoms with Crippen LogP contribution in [0.5, 0.6) is 0 Å². The molecule has 6 heteroatoms. The molecule has 1 unspecified atom stereocenters. The standard InChI is InChI=1S/C16H30N2O3S/c1-16(2,3)14-8-5-4-6-11-18(14)15(19)9-12-17-10-7-13-22(17,20)21/h14H,4-13H2,1-3H3. The van der Waals surface area contributed by atoms with Gasteiger partial charge in [0.1, 0.15) is 0 Å². The van der Waals surface area contributed by atoms with Crippen LogP contribution in [0.3, 0.4) is 0 Å². The van der Waals surface area contributed by atoms with Gasteiger partial charge in [0.2, 0.25) is 15.9 Å². The monoisotopic (exact) mass is 330 g/mol. The Morgan fingerprint density at radius 1 is 1.09 bits per heavy atom. The van der Waals surface area contributed by atoms with Crippen molar-refractivity contribution in [2.75, 3.05) is 25.4 Å². The van der Waals surface area contributed by atoms with Gasteiger partial charge in [-0.2, -0.15) is 0 Å². The normalized spacial score (nSPS) is 26.9. The van der Waals surface area contributed by atoms with E-state index in [1.165, 1.54) is 17.1 Å². The number of sulfonamides is 1. The molecule has 0 aromatic heterocycles. The van der Waals surface area contributed by atoms with Crippen LogP contribution >= 0.6 is 0 Å². The molecule has 0 aromatic carbocycles. The molecular weight excluding hydrogens is 300 g/mol. The number of carbonyl (C=O) groups is 1. The van der Waals surface area contributed by atoms with E-state index in [9.17, 15) is 13.2 Å². The maximum absolute atomic E-state index is 12.7. The van der Waals surface area contributed by atoms with E-state index >= 15 is 0 Å². The number of nitrogens with zero attached hydrogens (tertiary/aromatic N) is 2. The Morgan fingerprint density at radius 2 is 1.82 bits per heavy atom. The van der Waals surface area contributed by atoms with E-state index in [-0.39, 0.29) is 23.1 Å². The molecule has 2 aliphatic heterocycles. The summed E-state index contributed by atoms with van der Waals surface area (Å²) in [6, 6.07) is 0.262. The van der Waals surface area contributed by atoms with E-state index in [2.05, 4.69) is 20.8 Å². The molecular formula is C16H30N2O3S. The van der Waals surface area contributed by atoms with Crippen LogP contribution in [0.4, 0.5) is 0 Å². The number of carbonyl (C=O) groups excluding carboxylic acids is 1. The molecule has 2 heterocycles. The first-order valence-corrected chi connectivity index (χ1v) is 10.1. The van der Waals surface area contributed by atoms with Crippen molar-refractivity contribution in [1.29, 1.82) is 0 Å². The van der Waals surface area contributed by atoms with Crippen LogP contribution in [-0.2, 0) is 14.8 Å². The molecule has 0 N–H and O–H groups in total. The van der Waals surface area contributed by atoms with Crippen molar-refractivity contribution in [3.63, 3.8) is 0 Å². The Bertz CT molecular complexity index is 496. The summed E-state index contributed by atoms with van der Waals surface area (Å²) >= 11 is 0. The molecule has 2 aliphatic rings. The van der Waals surface area contributed by atoms with Crippen LogP contribution in [0.15, 0.2) is 0 Å². The molecule has 2 fully saturated rings. The molecule has 2 rings (SSSR count). The summed E-state index contributed by atoms with van der Waals surface area (Å²) < 4.78 is 25.1. The third kappa shape index (κ3) is 4.22. The Labute approximate surface area is 135 Å². The Hall–Kier alpha value is -0.620. The minimum absolute atomic E-state index is 0.0692.